The Morgan fingerprint density at radius 1 is 1.18 bits per heavy atom. The van der Waals surface area contributed by atoms with E-state index >= 15 is 0 Å². The minimum absolute atomic E-state index is 0.445. The summed E-state index contributed by atoms with van der Waals surface area (Å²) in [5, 5.41) is 3.82. The molecule has 2 unspecified atom stereocenters. The van der Waals surface area contributed by atoms with Crippen molar-refractivity contribution in [2.75, 3.05) is 19.6 Å². The first kappa shape index (κ1) is 15.0. The van der Waals surface area contributed by atoms with Crippen molar-refractivity contribution in [3.8, 4) is 0 Å². The van der Waals surface area contributed by atoms with Gasteiger partial charge in [0.05, 0.1) is 0 Å². The second-order valence-corrected chi connectivity index (χ2v) is 6.10. The van der Waals surface area contributed by atoms with Crippen molar-refractivity contribution in [2.24, 2.45) is 5.41 Å². The Labute approximate surface area is 108 Å². The summed E-state index contributed by atoms with van der Waals surface area (Å²) in [7, 11) is 0. The number of likely N-dealkylation sites (N-methyl/N-ethyl adjacent to an activating group) is 1. The van der Waals surface area contributed by atoms with Crippen LogP contribution in [0.4, 0.5) is 0 Å². The van der Waals surface area contributed by atoms with E-state index in [1.807, 2.05) is 0 Å². The van der Waals surface area contributed by atoms with Crippen LogP contribution in [0.3, 0.4) is 0 Å². The lowest BCUT2D eigenvalue weighted by Gasteiger charge is -2.48. The lowest BCUT2D eigenvalue weighted by molar-refractivity contribution is 0.0541. The molecule has 17 heavy (non-hydrogen) atoms. The van der Waals surface area contributed by atoms with E-state index in [0.29, 0.717) is 11.5 Å². The summed E-state index contributed by atoms with van der Waals surface area (Å²) in [6.07, 6.45) is 5.36. The highest BCUT2D eigenvalue weighted by Gasteiger charge is 2.40. The van der Waals surface area contributed by atoms with E-state index in [1.54, 1.807) is 0 Å². The van der Waals surface area contributed by atoms with Gasteiger partial charge >= 0.3 is 0 Å². The zero-order valence-corrected chi connectivity index (χ0v) is 12.6. The van der Waals surface area contributed by atoms with Gasteiger partial charge in [0.2, 0.25) is 0 Å². The second kappa shape index (κ2) is 6.75. The van der Waals surface area contributed by atoms with E-state index < -0.39 is 0 Å². The van der Waals surface area contributed by atoms with Gasteiger partial charge in [0.25, 0.3) is 0 Å². The predicted octanol–water partition coefficient (Wildman–Crippen LogP) is 3.28. The number of rotatable bonds is 6. The monoisotopic (exact) mass is 240 g/mol. The molecule has 1 aliphatic rings. The van der Waals surface area contributed by atoms with E-state index in [4.69, 9.17) is 0 Å². The van der Waals surface area contributed by atoms with Crippen molar-refractivity contribution in [3.63, 3.8) is 0 Å². The Hall–Kier alpha value is -0.0800. The molecule has 0 heterocycles. The SMILES string of the molecule is CCCNC1C(N(CC)CC)CCCC1(C)C. The number of nitrogens with zero attached hydrogens (tertiary/aromatic N) is 1. The second-order valence-electron chi connectivity index (χ2n) is 6.10. The Bertz CT molecular complexity index is 209. The summed E-state index contributed by atoms with van der Waals surface area (Å²) >= 11 is 0. The van der Waals surface area contributed by atoms with Gasteiger partial charge in [-0.05, 0) is 44.3 Å². The molecule has 0 aromatic carbocycles. The third kappa shape index (κ3) is 3.69. The Morgan fingerprint density at radius 2 is 1.82 bits per heavy atom. The van der Waals surface area contributed by atoms with Crippen LogP contribution in [0, 0.1) is 5.41 Å². The van der Waals surface area contributed by atoms with Crippen molar-refractivity contribution in [2.45, 2.75) is 72.4 Å². The maximum atomic E-state index is 3.82. The molecular formula is C15H32N2. The molecule has 1 rings (SSSR count). The molecule has 2 nitrogen and oxygen atoms in total. The van der Waals surface area contributed by atoms with Crippen LogP contribution >= 0.6 is 0 Å². The van der Waals surface area contributed by atoms with Crippen molar-refractivity contribution in [1.29, 1.82) is 0 Å². The van der Waals surface area contributed by atoms with Gasteiger partial charge in [-0.25, -0.2) is 0 Å². The fourth-order valence-electron chi connectivity index (χ4n) is 3.41. The zero-order chi connectivity index (χ0) is 12.9. The quantitative estimate of drug-likeness (QED) is 0.766. The molecule has 0 aromatic rings. The summed E-state index contributed by atoms with van der Waals surface area (Å²) in [6, 6.07) is 1.40. The molecule has 0 aromatic heterocycles. The van der Waals surface area contributed by atoms with Crippen LogP contribution < -0.4 is 5.32 Å². The van der Waals surface area contributed by atoms with Crippen LogP contribution in [0.2, 0.25) is 0 Å². The van der Waals surface area contributed by atoms with E-state index in [9.17, 15) is 0 Å². The molecule has 2 atom stereocenters. The summed E-state index contributed by atoms with van der Waals surface area (Å²) < 4.78 is 0. The van der Waals surface area contributed by atoms with Crippen LogP contribution in [0.15, 0.2) is 0 Å². The Morgan fingerprint density at radius 3 is 2.35 bits per heavy atom. The molecule has 0 bridgehead atoms. The maximum Gasteiger partial charge on any atom is 0.0274 e. The summed E-state index contributed by atoms with van der Waals surface area (Å²) in [5.74, 6) is 0. The highest BCUT2D eigenvalue weighted by Crippen LogP contribution is 2.37. The lowest BCUT2D eigenvalue weighted by atomic mass is 9.70. The molecule has 1 N–H and O–H groups in total. The molecular weight excluding hydrogens is 208 g/mol. The average molecular weight is 240 g/mol. The lowest BCUT2D eigenvalue weighted by Crippen LogP contribution is -2.58. The van der Waals surface area contributed by atoms with E-state index in [-0.39, 0.29) is 0 Å². The summed E-state index contributed by atoms with van der Waals surface area (Å²) in [6.45, 7) is 15.3. The first-order chi connectivity index (χ1) is 8.06. The molecule has 1 saturated carbocycles. The Kier molecular flexibility index (Phi) is 5.94. The van der Waals surface area contributed by atoms with Crippen molar-refractivity contribution in [3.05, 3.63) is 0 Å². The van der Waals surface area contributed by atoms with Crippen LogP contribution in [-0.2, 0) is 0 Å². The first-order valence-corrected chi connectivity index (χ1v) is 7.54. The largest absolute Gasteiger partial charge is 0.312 e. The summed E-state index contributed by atoms with van der Waals surface area (Å²) in [5.41, 5.74) is 0.445. The average Bonchev–Trinajstić information content (AvgIpc) is 2.29. The van der Waals surface area contributed by atoms with Crippen molar-refractivity contribution in [1.82, 2.24) is 10.2 Å². The molecule has 102 valence electrons. The third-order valence-electron chi connectivity index (χ3n) is 4.44. The van der Waals surface area contributed by atoms with Crippen LogP contribution in [0.25, 0.3) is 0 Å². The molecule has 2 heteroatoms. The highest BCUT2D eigenvalue weighted by atomic mass is 15.2. The third-order valence-corrected chi connectivity index (χ3v) is 4.44. The fraction of sp³-hybridized carbons (Fsp3) is 1.00. The Balaban J connectivity index is 2.76. The molecule has 0 radical (unpaired) electrons. The van der Waals surface area contributed by atoms with Gasteiger partial charge in [0.15, 0.2) is 0 Å². The van der Waals surface area contributed by atoms with E-state index in [2.05, 4.69) is 44.8 Å². The van der Waals surface area contributed by atoms with Gasteiger partial charge in [-0.1, -0.05) is 41.0 Å². The number of hydrogen-bond acceptors (Lipinski definition) is 2. The van der Waals surface area contributed by atoms with Crippen LogP contribution in [0.1, 0.15) is 60.3 Å². The molecule has 0 saturated heterocycles. The van der Waals surface area contributed by atoms with E-state index in [1.165, 1.54) is 38.8 Å². The van der Waals surface area contributed by atoms with Gasteiger partial charge in [-0.15, -0.1) is 0 Å². The predicted molar refractivity (Wildman–Crippen MR) is 76.4 cm³/mol. The summed E-state index contributed by atoms with van der Waals surface area (Å²) in [4.78, 5) is 2.65. The standard InChI is InChI=1S/C15H32N2/c1-6-12-16-14-13(17(7-2)8-3)10-9-11-15(14,4)5/h13-14,16H,6-12H2,1-5H3. The smallest absolute Gasteiger partial charge is 0.0274 e. The normalized spacial score (nSPS) is 28.6. The van der Waals surface area contributed by atoms with E-state index in [0.717, 1.165) is 12.6 Å². The van der Waals surface area contributed by atoms with Crippen molar-refractivity contribution >= 4 is 0 Å². The van der Waals surface area contributed by atoms with Gasteiger partial charge in [-0.2, -0.15) is 0 Å². The van der Waals surface area contributed by atoms with Gasteiger partial charge in [-0.3, -0.25) is 4.90 Å². The molecule has 0 aliphatic heterocycles. The maximum absolute atomic E-state index is 3.82. The van der Waals surface area contributed by atoms with Crippen molar-refractivity contribution < 1.29 is 0 Å². The first-order valence-electron chi connectivity index (χ1n) is 7.54. The highest BCUT2D eigenvalue weighted by molar-refractivity contribution is 4.97. The van der Waals surface area contributed by atoms with Crippen LogP contribution in [-0.4, -0.2) is 36.6 Å². The minimum atomic E-state index is 0.445. The number of nitrogens with one attached hydrogen (secondary N) is 1. The molecule has 0 spiro atoms. The van der Waals surface area contributed by atoms with Gasteiger partial charge in [0.1, 0.15) is 0 Å². The minimum Gasteiger partial charge on any atom is -0.312 e. The molecule has 0 amide bonds. The van der Waals surface area contributed by atoms with Gasteiger partial charge in [0, 0.05) is 12.1 Å². The van der Waals surface area contributed by atoms with Crippen LogP contribution in [0.5, 0.6) is 0 Å². The number of hydrogen-bond donors (Lipinski definition) is 1. The molecule has 1 aliphatic carbocycles. The topological polar surface area (TPSA) is 15.3 Å². The van der Waals surface area contributed by atoms with Gasteiger partial charge < -0.3 is 5.32 Å². The zero-order valence-electron chi connectivity index (χ0n) is 12.6. The molecule has 1 fully saturated rings. The fourth-order valence-corrected chi connectivity index (χ4v) is 3.41.